The summed E-state index contributed by atoms with van der Waals surface area (Å²) in [6.45, 7) is 4.36. The highest BCUT2D eigenvalue weighted by atomic mass is 32.2. The molecule has 1 unspecified atom stereocenters. The van der Waals surface area contributed by atoms with E-state index in [9.17, 15) is 0 Å². The SMILES string of the molecule is CCSCCC(C)Nc1ccc(N)cn1. The van der Waals surface area contributed by atoms with Gasteiger partial charge < -0.3 is 11.1 Å². The maximum absolute atomic E-state index is 5.56. The largest absolute Gasteiger partial charge is 0.397 e. The zero-order chi connectivity index (χ0) is 11.1. The van der Waals surface area contributed by atoms with E-state index in [0.717, 1.165) is 12.2 Å². The van der Waals surface area contributed by atoms with Crippen molar-refractivity contribution >= 4 is 23.3 Å². The van der Waals surface area contributed by atoms with E-state index in [0.29, 0.717) is 11.7 Å². The van der Waals surface area contributed by atoms with Crippen LogP contribution in [0.25, 0.3) is 0 Å². The van der Waals surface area contributed by atoms with Crippen LogP contribution in [0.4, 0.5) is 11.5 Å². The molecule has 0 aliphatic rings. The number of hydrogen-bond donors (Lipinski definition) is 2. The molecule has 0 spiro atoms. The van der Waals surface area contributed by atoms with Crippen LogP contribution in [-0.4, -0.2) is 22.5 Å². The molecule has 1 atom stereocenters. The van der Waals surface area contributed by atoms with Crippen molar-refractivity contribution in [1.82, 2.24) is 4.98 Å². The van der Waals surface area contributed by atoms with Gasteiger partial charge in [-0.1, -0.05) is 6.92 Å². The number of hydrogen-bond acceptors (Lipinski definition) is 4. The fourth-order valence-corrected chi connectivity index (χ4v) is 2.03. The van der Waals surface area contributed by atoms with Crippen LogP contribution >= 0.6 is 11.8 Å². The zero-order valence-electron chi connectivity index (χ0n) is 9.36. The molecule has 3 N–H and O–H groups in total. The van der Waals surface area contributed by atoms with Gasteiger partial charge in [0.2, 0.25) is 0 Å². The third-order valence-corrected chi connectivity index (χ3v) is 3.01. The summed E-state index contributed by atoms with van der Waals surface area (Å²) in [6.07, 6.45) is 2.83. The first-order valence-corrected chi connectivity index (χ1v) is 6.43. The number of nitrogen functional groups attached to an aromatic ring is 1. The van der Waals surface area contributed by atoms with Gasteiger partial charge in [0, 0.05) is 6.04 Å². The first-order chi connectivity index (χ1) is 7.22. The fourth-order valence-electron chi connectivity index (χ4n) is 1.22. The van der Waals surface area contributed by atoms with E-state index in [-0.39, 0.29) is 0 Å². The Morgan fingerprint density at radius 1 is 1.53 bits per heavy atom. The molecule has 3 nitrogen and oxygen atoms in total. The number of anilines is 2. The zero-order valence-corrected chi connectivity index (χ0v) is 10.2. The lowest BCUT2D eigenvalue weighted by Crippen LogP contribution is -2.16. The van der Waals surface area contributed by atoms with Gasteiger partial charge in [-0.05, 0) is 37.0 Å². The van der Waals surface area contributed by atoms with Crippen LogP contribution in [0.15, 0.2) is 18.3 Å². The number of nitrogens with two attached hydrogens (primary N) is 1. The normalized spacial score (nSPS) is 12.4. The van der Waals surface area contributed by atoms with Crippen molar-refractivity contribution in [1.29, 1.82) is 0 Å². The molecule has 1 aromatic rings. The van der Waals surface area contributed by atoms with Crippen LogP contribution in [-0.2, 0) is 0 Å². The molecule has 1 rings (SSSR count). The molecular formula is C11H19N3S. The minimum absolute atomic E-state index is 0.458. The smallest absolute Gasteiger partial charge is 0.126 e. The molecule has 1 aromatic heterocycles. The number of nitrogens with one attached hydrogen (secondary N) is 1. The molecule has 0 saturated carbocycles. The molecule has 15 heavy (non-hydrogen) atoms. The number of pyridine rings is 1. The Bertz CT molecular complexity index is 274. The Kier molecular flexibility index (Phi) is 5.32. The minimum Gasteiger partial charge on any atom is -0.397 e. The highest BCUT2D eigenvalue weighted by Crippen LogP contribution is 2.10. The lowest BCUT2D eigenvalue weighted by Gasteiger charge is -2.13. The highest BCUT2D eigenvalue weighted by molar-refractivity contribution is 7.99. The van der Waals surface area contributed by atoms with Crippen molar-refractivity contribution < 1.29 is 0 Å². The summed E-state index contributed by atoms with van der Waals surface area (Å²) in [5.41, 5.74) is 6.27. The topological polar surface area (TPSA) is 50.9 Å². The van der Waals surface area contributed by atoms with Crippen molar-refractivity contribution in [2.24, 2.45) is 0 Å². The predicted octanol–water partition coefficient (Wildman–Crippen LogP) is 2.61. The Balaban J connectivity index is 2.31. The van der Waals surface area contributed by atoms with Crippen molar-refractivity contribution in [2.45, 2.75) is 26.3 Å². The summed E-state index contributed by atoms with van der Waals surface area (Å²) in [5, 5.41) is 3.35. The number of nitrogens with zero attached hydrogens (tertiary/aromatic N) is 1. The molecule has 84 valence electrons. The molecule has 0 fully saturated rings. The Morgan fingerprint density at radius 3 is 2.93 bits per heavy atom. The number of aromatic nitrogens is 1. The third kappa shape index (κ3) is 4.93. The van der Waals surface area contributed by atoms with Crippen LogP contribution in [0.5, 0.6) is 0 Å². The monoisotopic (exact) mass is 225 g/mol. The molecule has 0 aliphatic heterocycles. The first kappa shape index (κ1) is 12.2. The van der Waals surface area contributed by atoms with E-state index in [1.165, 1.54) is 11.5 Å². The summed E-state index contributed by atoms with van der Waals surface area (Å²) >= 11 is 1.97. The van der Waals surface area contributed by atoms with Gasteiger partial charge in [0.25, 0.3) is 0 Å². The van der Waals surface area contributed by atoms with Gasteiger partial charge in [-0.2, -0.15) is 11.8 Å². The quantitative estimate of drug-likeness (QED) is 0.731. The van der Waals surface area contributed by atoms with Crippen molar-refractivity contribution in [3.63, 3.8) is 0 Å². The molecule has 0 amide bonds. The van der Waals surface area contributed by atoms with E-state index in [1.807, 2.05) is 23.9 Å². The summed E-state index contributed by atoms with van der Waals surface area (Å²) in [7, 11) is 0. The highest BCUT2D eigenvalue weighted by Gasteiger charge is 2.02. The van der Waals surface area contributed by atoms with Gasteiger partial charge in [0.1, 0.15) is 5.82 Å². The molecule has 0 aromatic carbocycles. The lowest BCUT2D eigenvalue weighted by molar-refractivity contribution is 0.766. The van der Waals surface area contributed by atoms with Crippen LogP contribution in [0.2, 0.25) is 0 Å². The van der Waals surface area contributed by atoms with Crippen LogP contribution in [0.3, 0.4) is 0 Å². The second-order valence-corrected chi connectivity index (χ2v) is 4.90. The van der Waals surface area contributed by atoms with Crippen LogP contribution in [0, 0.1) is 0 Å². The van der Waals surface area contributed by atoms with Gasteiger partial charge in [-0.15, -0.1) is 0 Å². The van der Waals surface area contributed by atoms with Crippen molar-refractivity contribution in [2.75, 3.05) is 22.6 Å². The third-order valence-electron chi connectivity index (χ3n) is 2.08. The molecule has 0 saturated heterocycles. The maximum Gasteiger partial charge on any atom is 0.126 e. The van der Waals surface area contributed by atoms with Crippen LogP contribution < -0.4 is 11.1 Å². The summed E-state index contributed by atoms with van der Waals surface area (Å²) < 4.78 is 0. The van der Waals surface area contributed by atoms with E-state index in [2.05, 4.69) is 24.1 Å². The fraction of sp³-hybridized carbons (Fsp3) is 0.545. The summed E-state index contributed by atoms with van der Waals surface area (Å²) in [5.74, 6) is 3.28. The molecule has 0 aliphatic carbocycles. The average Bonchev–Trinajstić information content (AvgIpc) is 2.22. The van der Waals surface area contributed by atoms with Gasteiger partial charge in [-0.25, -0.2) is 4.98 Å². The maximum atomic E-state index is 5.56. The van der Waals surface area contributed by atoms with Crippen molar-refractivity contribution in [3.8, 4) is 0 Å². The first-order valence-electron chi connectivity index (χ1n) is 5.28. The Labute approximate surface area is 95.9 Å². The Morgan fingerprint density at radius 2 is 2.33 bits per heavy atom. The van der Waals surface area contributed by atoms with Crippen LogP contribution in [0.1, 0.15) is 20.3 Å². The minimum atomic E-state index is 0.458. The second kappa shape index (κ2) is 6.56. The molecule has 1 heterocycles. The van der Waals surface area contributed by atoms with Gasteiger partial charge in [-0.3, -0.25) is 0 Å². The summed E-state index contributed by atoms with van der Waals surface area (Å²) in [4.78, 5) is 4.20. The summed E-state index contributed by atoms with van der Waals surface area (Å²) in [6, 6.07) is 4.24. The molecular weight excluding hydrogens is 206 g/mol. The van der Waals surface area contributed by atoms with E-state index < -0.39 is 0 Å². The standard InChI is InChI=1S/C11H19N3S/c1-3-15-7-6-9(2)14-11-5-4-10(12)8-13-11/h4-5,8-9H,3,6-7,12H2,1-2H3,(H,13,14). The average molecular weight is 225 g/mol. The van der Waals surface area contributed by atoms with Gasteiger partial charge >= 0.3 is 0 Å². The van der Waals surface area contributed by atoms with Gasteiger partial charge in [0.05, 0.1) is 11.9 Å². The lowest BCUT2D eigenvalue weighted by atomic mass is 10.2. The van der Waals surface area contributed by atoms with Crippen molar-refractivity contribution in [3.05, 3.63) is 18.3 Å². The van der Waals surface area contributed by atoms with Gasteiger partial charge in [0.15, 0.2) is 0 Å². The Hall–Kier alpha value is -0.900. The second-order valence-electron chi connectivity index (χ2n) is 3.51. The van der Waals surface area contributed by atoms with E-state index in [4.69, 9.17) is 5.73 Å². The number of thioether (sulfide) groups is 1. The molecule has 0 radical (unpaired) electrons. The molecule has 4 heteroatoms. The number of rotatable bonds is 6. The molecule has 0 bridgehead atoms. The predicted molar refractivity (Wildman–Crippen MR) is 69.4 cm³/mol. The van der Waals surface area contributed by atoms with E-state index in [1.54, 1.807) is 6.20 Å². The van der Waals surface area contributed by atoms with E-state index >= 15 is 0 Å².